The summed E-state index contributed by atoms with van der Waals surface area (Å²) in [5, 5.41) is 0. The molecule has 3 aliphatic rings. The second kappa shape index (κ2) is 10.6. The van der Waals surface area contributed by atoms with E-state index in [0.29, 0.717) is 29.2 Å². The van der Waals surface area contributed by atoms with E-state index >= 15 is 4.39 Å². The van der Waals surface area contributed by atoms with E-state index in [0.717, 1.165) is 62.8 Å². The first kappa shape index (κ1) is 24.8. The van der Waals surface area contributed by atoms with Crippen LogP contribution in [-0.4, -0.2) is 0 Å². The lowest BCUT2D eigenvalue weighted by atomic mass is 9.67. The van der Waals surface area contributed by atoms with Gasteiger partial charge in [0.25, 0.3) is 0 Å². The summed E-state index contributed by atoms with van der Waals surface area (Å²) in [5.74, 6) is -0.553. The monoisotopic (exact) mass is 486 g/mol. The van der Waals surface area contributed by atoms with Crippen molar-refractivity contribution in [2.75, 3.05) is 0 Å². The van der Waals surface area contributed by atoms with E-state index < -0.39 is 17.5 Å². The molecule has 0 saturated heterocycles. The number of rotatable bonds is 4. The SMILES string of the molecule is CC1CCC(c2ccc(C3CCC(C4CCC(c5cc(F)c(F)c(F)c5)CC4)CC3)c(F)c2)CC1. The molecule has 0 aromatic heterocycles. The molecule has 0 N–H and O–H groups in total. The van der Waals surface area contributed by atoms with Gasteiger partial charge >= 0.3 is 0 Å². The topological polar surface area (TPSA) is 0 Å². The highest BCUT2D eigenvalue weighted by Gasteiger charge is 2.33. The molecule has 3 aliphatic carbocycles. The smallest absolute Gasteiger partial charge is 0.194 e. The maximum atomic E-state index is 15.1. The second-order valence-corrected chi connectivity index (χ2v) is 11.8. The first-order chi connectivity index (χ1) is 16.9. The second-order valence-electron chi connectivity index (χ2n) is 11.8. The van der Waals surface area contributed by atoms with Crippen LogP contribution in [-0.2, 0) is 0 Å². The van der Waals surface area contributed by atoms with Crippen molar-refractivity contribution in [2.45, 2.75) is 102 Å². The highest BCUT2D eigenvalue weighted by molar-refractivity contribution is 5.30. The Kier molecular flexibility index (Phi) is 7.55. The van der Waals surface area contributed by atoms with Crippen molar-refractivity contribution in [3.63, 3.8) is 0 Å². The lowest BCUT2D eigenvalue weighted by Gasteiger charge is -2.38. The number of hydrogen-bond acceptors (Lipinski definition) is 0. The standard InChI is InChI=1S/C31H38F4/c1-19-2-4-22(5-3-19)25-14-15-27(28(32)16-25)24-12-10-21(11-13-24)20-6-8-23(9-7-20)26-17-29(33)31(35)30(34)18-26/h14-24H,2-13H2,1H3. The summed E-state index contributed by atoms with van der Waals surface area (Å²) in [4.78, 5) is 0. The van der Waals surface area contributed by atoms with Crippen LogP contribution < -0.4 is 0 Å². The zero-order valence-electron chi connectivity index (χ0n) is 20.8. The Hall–Kier alpha value is -1.84. The molecule has 5 rings (SSSR count). The Morgan fingerprint density at radius 3 is 1.51 bits per heavy atom. The van der Waals surface area contributed by atoms with Gasteiger partial charge < -0.3 is 0 Å². The molecule has 0 heterocycles. The van der Waals surface area contributed by atoms with E-state index in [1.807, 2.05) is 6.07 Å². The molecule has 2 aromatic carbocycles. The lowest BCUT2D eigenvalue weighted by molar-refractivity contribution is 0.176. The van der Waals surface area contributed by atoms with E-state index in [9.17, 15) is 13.2 Å². The molecule has 0 aliphatic heterocycles. The fraction of sp³-hybridized carbons (Fsp3) is 0.613. The van der Waals surface area contributed by atoms with Gasteiger partial charge in [0.1, 0.15) is 5.82 Å². The number of benzene rings is 2. The molecule has 190 valence electrons. The van der Waals surface area contributed by atoms with Crippen LogP contribution in [0.15, 0.2) is 30.3 Å². The molecule has 0 unspecified atom stereocenters. The minimum atomic E-state index is -1.38. The van der Waals surface area contributed by atoms with Crippen LogP contribution in [0.2, 0.25) is 0 Å². The van der Waals surface area contributed by atoms with E-state index in [1.165, 1.54) is 43.4 Å². The van der Waals surface area contributed by atoms with E-state index in [-0.39, 0.29) is 11.7 Å². The summed E-state index contributed by atoms with van der Waals surface area (Å²) in [6, 6.07) is 8.42. The summed E-state index contributed by atoms with van der Waals surface area (Å²) >= 11 is 0. The molecule has 0 bridgehead atoms. The van der Waals surface area contributed by atoms with Gasteiger partial charge in [-0.3, -0.25) is 0 Å². The molecular formula is C31H38F4. The van der Waals surface area contributed by atoms with Crippen molar-refractivity contribution in [1.29, 1.82) is 0 Å². The van der Waals surface area contributed by atoms with Crippen LogP contribution in [0.25, 0.3) is 0 Å². The fourth-order valence-electron chi connectivity index (χ4n) is 7.36. The highest BCUT2D eigenvalue weighted by atomic mass is 19.2. The van der Waals surface area contributed by atoms with Gasteiger partial charge in [0.2, 0.25) is 0 Å². The van der Waals surface area contributed by atoms with Gasteiger partial charge in [-0.05, 0) is 135 Å². The number of hydrogen-bond donors (Lipinski definition) is 0. The quantitative estimate of drug-likeness (QED) is 0.298. The third-order valence-corrected chi connectivity index (χ3v) is 9.64. The van der Waals surface area contributed by atoms with Gasteiger partial charge in [-0.25, -0.2) is 17.6 Å². The van der Waals surface area contributed by atoms with E-state index in [1.54, 1.807) is 0 Å². The first-order valence-corrected chi connectivity index (χ1v) is 13.8. The zero-order valence-corrected chi connectivity index (χ0v) is 20.8. The minimum Gasteiger partial charge on any atom is -0.207 e. The normalized spacial score (nSPS) is 31.9. The van der Waals surface area contributed by atoms with Crippen LogP contribution in [0, 0.1) is 41.0 Å². The van der Waals surface area contributed by atoms with Gasteiger partial charge in [-0.1, -0.05) is 31.9 Å². The first-order valence-electron chi connectivity index (χ1n) is 13.8. The lowest BCUT2D eigenvalue weighted by Crippen LogP contribution is -2.25. The molecule has 0 nitrogen and oxygen atoms in total. The van der Waals surface area contributed by atoms with Gasteiger partial charge in [0, 0.05) is 0 Å². The third-order valence-electron chi connectivity index (χ3n) is 9.64. The predicted molar refractivity (Wildman–Crippen MR) is 132 cm³/mol. The molecule has 0 atom stereocenters. The summed E-state index contributed by atoms with van der Waals surface area (Å²) in [6.45, 7) is 2.32. The molecule has 0 amide bonds. The Morgan fingerprint density at radius 2 is 0.971 bits per heavy atom. The maximum Gasteiger partial charge on any atom is 0.194 e. The van der Waals surface area contributed by atoms with Gasteiger partial charge in [-0.15, -0.1) is 0 Å². The van der Waals surface area contributed by atoms with Crippen LogP contribution in [0.3, 0.4) is 0 Å². The average Bonchev–Trinajstić information content (AvgIpc) is 2.88. The van der Waals surface area contributed by atoms with Crippen LogP contribution >= 0.6 is 0 Å². The molecule has 3 fully saturated rings. The Labute approximate surface area is 207 Å². The van der Waals surface area contributed by atoms with Gasteiger partial charge in [-0.2, -0.15) is 0 Å². The van der Waals surface area contributed by atoms with Crippen molar-refractivity contribution in [3.05, 3.63) is 70.3 Å². The molecule has 0 radical (unpaired) electrons. The average molecular weight is 487 g/mol. The van der Waals surface area contributed by atoms with Crippen molar-refractivity contribution in [2.24, 2.45) is 17.8 Å². The third kappa shape index (κ3) is 5.47. The van der Waals surface area contributed by atoms with Gasteiger partial charge in [0.05, 0.1) is 0 Å². The van der Waals surface area contributed by atoms with Crippen molar-refractivity contribution < 1.29 is 17.6 Å². The van der Waals surface area contributed by atoms with Crippen molar-refractivity contribution in [1.82, 2.24) is 0 Å². The number of halogens is 4. The summed E-state index contributed by atoms with van der Waals surface area (Å²) in [6.07, 6.45) is 13.1. The predicted octanol–water partition coefficient (Wildman–Crippen LogP) is 9.78. The Bertz CT molecular complexity index is 984. The molecule has 3 saturated carbocycles. The molecular weight excluding hydrogens is 448 g/mol. The largest absolute Gasteiger partial charge is 0.207 e. The Balaban J connectivity index is 1.13. The fourth-order valence-corrected chi connectivity index (χ4v) is 7.36. The zero-order chi connectivity index (χ0) is 24.5. The molecule has 0 spiro atoms. The van der Waals surface area contributed by atoms with Crippen molar-refractivity contribution >= 4 is 0 Å². The molecule has 4 heteroatoms. The molecule has 35 heavy (non-hydrogen) atoms. The van der Waals surface area contributed by atoms with E-state index in [2.05, 4.69) is 19.1 Å². The van der Waals surface area contributed by atoms with Crippen LogP contribution in [0.4, 0.5) is 17.6 Å². The minimum absolute atomic E-state index is 0.0103. The van der Waals surface area contributed by atoms with Crippen molar-refractivity contribution in [3.8, 4) is 0 Å². The summed E-state index contributed by atoms with van der Waals surface area (Å²) in [7, 11) is 0. The van der Waals surface area contributed by atoms with Crippen LogP contribution in [0.5, 0.6) is 0 Å². The maximum absolute atomic E-state index is 15.1. The van der Waals surface area contributed by atoms with Gasteiger partial charge in [0.15, 0.2) is 17.5 Å². The Morgan fingerprint density at radius 1 is 0.514 bits per heavy atom. The van der Waals surface area contributed by atoms with Crippen LogP contribution in [0.1, 0.15) is 118 Å². The summed E-state index contributed by atoms with van der Waals surface area (Å²) in [5.41, 5.74) is 2.68. The summed E-state index contributed by atoms with van der Waals surface area (Å²) < 4.78 is 55.7. The molecule has 2 aromatic rings. The highest BCUT2D eigenvalue weighted by Crippen LogP contribution is 2.46. The van der Waals surface area contributed by atoms with E-state index in [4.69, 9.17) is 0 Å².